The maximum atomic E-state index is 12.4. The third-order valence-corrected chi connectivity index (χ3v) is 5.04. The molecule has 0 aliphatic rings. The van der Waals surface area contributed by atoms with Crippen LogP contribution >= 0.6 is 11.3 Å². The highest BCUT2D eigenvalue weighted by molar-refractivity contribution is 7.09. The van der Waals surface area contributed by atoms with Crippen LogP contribution in [0.2, 0.25) is 0 Å². The van der Waals surface area contributed by atoms with E-state index in [0.717, 1.165) is 16.3 Å². The molecule has 3 heterocycles. The van der Waals surface area contributed by atoms with Crippen molar-refractivity contribution in [2.45, 2.75) is 13.2 Å². The molecule has 1 amide bonds. The van der Waals surface area contributed by atoms with Gasteiger partial charge in [0.25, 0.3) is 5.91 Å². The van der Waals surface area contributed by atoms with E-state index in [9.17, 15) is 4.79 Å². The van der Waals surface area contributed by atoms with Crippen molar-refractivity contribution in [1.29, 1.82) is 5.26 Å². The number of furan rings is 1. The summed E-state index contributed by atoms with van der Waals surface area (Å²) in [6.45, 7) is 0.421. The molecular formula is C22H16N4O3S. The van der Waals surface area contributed by atoms with Crippen molar-refractivity contribution in [2.24, 2.45) is 0 Å². The largest absolute Gasteiger partial charge is 0.484 e. The molecule has 4 rings (SSSR count). The summed E-state index contributed by atoms with van der Waals surface area (Å²) in [4.78, 5) is 20.9. The SMILES string of the molecule is N#Cc1ccccc1OCc1ccc(C(=O)NCc2nc(-c3ccncc3)cs2)o1. The number of hydrogen-bond acceptors (Lipinski definition) is 7. The molecule has 0 radical (unpaired) electrons. The van der Waals surface area contributed by atoms with Gasteiger partial charge in [0.15, 0.2) is 5.76 Å². The van der Waals surface area contributed by atoms with E-state index in [1.807, 2.05) is 17.5 Å². The number of nitrogens with one attached hydrogen (secondary N) is 1. The van der Waals surface area contributed by atoms with Gasteiger partial charge < -0.3 is 14.5 Å². The lowest BCUT2D eigenvalue weighted by atomic mass is 10.2. The minimum Gasteiger partial charge on any atom is -0.484 e. The van der Waals surface area contributed by atoms with E-state index < -0.39 is 0 Å². The van der Waals surface area contributed by atoms with Gasteiger partial charge in [-0.05, 0) is 36.4 Å². The Morgan fingerprint density at radius 1 is 1.17 bits per heavy atom. The Morgan fingerprint density at radius 2 is 2.00 bits per heavy atom. The van der Waals surface area contributed by atoms with Gasteiger partial charge in [0, 0.05) is 23.3 Å². The molecular weight excluding hydrogens is 400 g/mol. The summed E-state index contributed by atoms with van der Waals surface area (Å²) in [5.74, 6) is 0.811. The summed E-state index contributed by atoms with van der Waals surface area (Å²) in [6, 6.07) is 16.1. The van der Waals surface area contributed by atoms with Crippen LogP contribution in [0.15, 0.2) is 70.7 Å². The third kappa shape index (κ3) is 4.54. The van der Waals surface area contributed by atoms with Gasteiger partial charge in [-0.15, -0.1) is 11.3 Å². The van der Waals surface area contributed by atoms with Crippen molar-refractivity contribution in [1.82, 2.24) is 15.3 Å². The van der Waals surface area contributed by atoms with Crippen LogP contribution in [0.4, 0.5) is 0 Å². The molecule has 0 saturated heterocycles. The molecule has 3 aromatic heterocycles. The van der Waals surface area contributed by atoms with Crippen LogP contribution in [0.25, 0.3) is 11.3 Å². The van der Waals surface area contributed by atoms with E-state index in [-0.39, 0.29) is 18.3 Å². The molecule has 30 heavy (non-hydrogen) atoms. The van der Waals surface area contributed by atoms with Crippen LogP contribution in [-0.4, -0.2) is 15.9 Å². The van der Waals surface area contributed by atoms with Crippen molar-refractivity contribution in [3.05, 3.63) is 88.4 Å². The van der Waals surface area contributed by atoms with Crippen LogP contribution in [0.5, 0.6) is 5.75 Å². The van der Waals surface area contributed by atoms with Gasteiger partial charge in [0.2, 0.25) is 0 Å². The van der Waals surface area contributed by atoms with Gasteiger partial charge in [0.05, 0.1) is 17.8 Å². The summed E-state index contributed by atoms with van der Waals surface area (Å²) < 4.78 is 11.2. The first-order chi connectivity index (χ1) is 14.7. The number of amides is 1. The Bertz CT molecular complexity index is 1190. The lowest BCUT2D eigenvalue weighted by Gasteiger charge is -2.05. The van der Waals surface area contributed by atoms with Gasteiger partial charge in [0.1, 0.15) is 29.2 Å². The Hall–Kier alpha value is -3.96. The fourth-order valence-electron chi connectivity index (χ4n) is 2.70. The molecule has 148 valence electrons. The first-order valence-corrected chi connectivity index (χ1v) is 9.94. The second-order valence-corrected chi connectivity index (χ2v) is 7.15. The maximum Gasteiger partial charge on any atom is 0.287 e. The van der Waals surface area contributed by atoms with Crippen molar-refractivity contribution in [2.75, 3.05) is 0 Å². The zero-order chi connectivity index (χ0) is 20.8. The fourth-order valence-corrected chi connectivity index (χ4v) is 3.44. The van der Waals surface area contributed by atoms with Crippen LogP contribution in [0, 0.1) is 11.3 Å². The number of nitriles is 1. The molecule has 7 nitrogen and oxygen atoms in total. The number of aromatic nitrogens is 2. The number of nitrogens with zero attached hydrogens (tertiary/aromatic N) is 3. The van der Waals surface area contributed by atoms with E-state index in [0.29, 0.717) is 23.6 Å². The average Bonchev–Trinajstić information content (AvgIpc) is 3.47. The molecule has 0 fully saturated rings. The summed E-state index contributed by atoms with van der Waals surface area (Å²) in [7, 11) is 0. The third-order valence-electron chi connectivity index (χ3n) is 4.19. The molecule has 1 N–H and O–H groups in total. The maximum absolute atomic E-state index is 12.4. The molecule has 0 aliphatic carbocycles. The molecule has 0 unspecified atom stereocenters. The minimum atomic E-state index is -0.334. The van der Waals surface area contributed by atoms with E-state index in [1.54, 1.807) is 48.8 Å². The molecule has 0 spiro atoms. The highest BCUT2D eigenvalue weighted by atomic mass is 32.1. The van der Waals surface area contributed by atoms with Gasteiger partial charge in [-0.2, -0.15) is 5.26 Å². The predicted octanol–water partition coefficient (Wildman–Crippen LogP) is 4.18. The van der Waals surface area contributed by atoms with E-state index >= 15 is 0 Å². The van der Waals surface area contributed by atoms with Crippen molar-refractivity contribution in [3.63, 3.8) is 0 Å². The smallest absolute Gasteiger partial charge is 0.287 e. The number of carbonyl (C=O) groups excluding carboxylic acids is 1. The zero-order valence-corrected chi connectivity index (χ0v) is 16.6. The van der Waals surface area contributed by atoms with E-state index in [2.05, 4.69) is 21.4 Å². The van der Waals surface area contributed by atoms with Crippen molar-refractivity contribution in [3.8, 4) is 23.1 Å². The second-order valence-electron chi connectivity index (χ2n) is 6.21. The molecule has 0 aliphatic heterocycles. The summed E-state index contributed by atoms with van der Waals surface area (Å²) >= 11 is 1.47. The highest BCUT2D eigenvalue weighted by Crippen LogP contribution is 2.21. The number of pyridine rings is 1. The number of benzene rings is 1. The minimum absolute atomic E-state index is 0.119. The number of rotatable bonds is 7. The monoisotopic (exact) mass is 416 g/mol. The first kappa shape index (κ1) is 19.4. The number of carbonyl (C=O) groups is 1. The van der Waals surface area contributed by atoms with Crippen LogP contribution in [0.1, 0.15) is 26.9 Å². The van der Waals surface area contributed by atoms with Gasteiger partial charge in [-0.3, -0.25) is 9.78 Å². The zero-order valence-electron chi connectivity index (χ0n) is 15.7. The van der Waals surface area contributed by atoms with Gasteiger partial charge in [-0.25, -0.2) is 4.98 Å². The second kappa shape index (κ2) is 9.03. The average molecular weight is 416 g/mol. The number of thiazole rings is 1. The highest BCUT2D eigenvalue weighted by Gasteiger charge is 2.13. The normalized spacial score (nSPS) is 10.4. The lowest BCUT2D eigenvalue weighted by Crippen LogP contribution is -2.22. The standard InChI is InChI=1S/C22H16N4O3S/c23-11-16-3-1-2-4-19(16)28-13-17-5-6-20(29-17)22(27)25-12-21-26-18(14-30-21)15-7-9-24-10-8-15/h1-10,14H,12-13H2,(H,25,27). The molecule has 0 atom stereocenters. The van der Waals surface area contributed by atoms with Crippen LogP contribution < -0.4 is 10.1 Å². The quantitative estimate of drug-likeness (QED) is 0.485. The summed E-state index contributed by atoms with van der Waals surface area (Å²) in [5, 5.41) is 14.6. The fraction of sp³-hybridized carbons (Fsp3) is 0.0909. The number of ether oxygens (including phenoxy) is 1. The molecule has 0 bridgehead atoms. The van der Waals surface area contributed by atoms with Crippen LogP contribution in [0.3, 0.4) is 0 Å². The Kier molecular flexibility index (Phi) is 5.83. The van der Waals surface area contributed by atoms with Crippen molar-refractivity contribution < 1.29 is 13.9 Å². The molecule has 4 aromatic rings. The molecule has 1 aromatic carbocycles. The Morgan fingerprint density at radius 3 is 2.83 bits per heavy atom. The lowest BCUT2D eigenvalue weighted by molar-refractivity contribution is 0.0919. The van der Waals surface area contributed by atoms with Gasteiger partial charge in [-0.1, -0.05) is 12.1 Å². The van der Waals surface area contributed by atoms with Crippen molar-refractivity contribution >= 4 is 17.2 Å². The number of hydrogen-bond donors (Lipinski definition) is 1. The first-order valence-electron chi connectivity index (χ1n) is 9.06. The Labute approximate surface area is 176 Å². The number of para-hydroxylation sites is 1. The molecule has 0 saturated carbocycles. The van der Waals surface area contributed by atoms with E-state index in [4.69, 9.17) is 14.4 Å². The predicted molar refractivity (Wildman–Crippen MR) is 111 cm³/mol. The van der Waals surface area contributed by atoms with E-state index in [1.165, 1.54) is 11.3 Å². The van der Waals surface area contributed by atoms with Gasteiger partial charge >= 0.3 is 0 Å². The topological polar surface area (TPSA) is 101 Å². The Balaban J connectivity index is 1.32. The summed E-state index contributed by atoms with van der Waals surface area (Å²) in [6.07, 6.45) is 3.43. The van der Waals surface area contributed by atoms with Crippen LogP contribution in [-0.2, 0) is 13.2 Å². The molecule has 8 heteroatoms. The summed E-state index contributed by atoms with van der Waals surface area (Å²) in [5.41, 5.74) is 2.27.